The van der Waals surface area contributed by atoms with E-state index in [4.69, 9.17) is 0 Å². The summed E-state index contributed by atoms with van der Waals surface area (Å²) < 4.78 is 0. The third-order valence-corrected chi connectivity index (χ3v) is 4.00. The fourth-order valence-corrected chi connectivity index (χ4v) is 3.04. The van der Waals surface area contributed by atoms with Gasteiger partial charge in [0.2, 0.25) is 0 Å². The minimum atomic E-state index is -0.352. The van der Waals surface area contributed by atoms with Crippen molar-refractivity contribution in [1.29, 1.82) is 5.26 Å². The molecule has 1 aliphatic rings. The molecule has 1 fully saturated rings. The number of nitrogens with zero attached hydrogens (tertiary/aromatic N) is 1. The van der Waals surface area contributed by atoms with Crippen molar-refractivity contribution in [2.45, 2.75) is 50.5 Å². The Hall–Kier alpha value is -1.33. The zero-order valence-corrected chi connectivity index (χ0v) is 11.2. The lowest BCUT2D eigenvalue weighted by atomic mass is 9.70. The second-order valence-corrected chi connectivity index (χ2v) is 5.22. The third kappa shape index (κ3) is 2.57. The van der Waals surface area contributed by atoms with Gasteiger partial charge >= 0.3 is 0 Å². The average molecular weight is 242 g/mol. The van der Waals surface area contributed by atoms with Crippen LogP contribution in [0.2, 0.25) is 0 Å². The second kappa shape index (κ2) is 6.02. The van der Waals surface area contributed by atoms with E-state index >= 15 is 0 Å². The van der Waals surface area contributed by atoms with Gasteiger partial charge in [0.05, 0.1) is 6.07 Å². The summed E-state index contributed by atoms with van der Waals surface area (Å²) in [4.78, 5) is 0. The van der Waals surface area contributed by atoms with Gasteiger partial charge in [-0.05, 0) is 31.4 Å². The van der Waals surface area contributed by atoms with Crippen molar-refractivity contribution in [3.63, 3.8) is 0 Å². The van der Waals surface area contributed by atoms with E-state index in [0.717, 1.165) is 32.2 Å². The summed E-state index contributed by atoms with van der Waals surface area (Å²) in [5, 5.41) is 13.2. The lowest BCUT2D eigenvalue weighted by Crippen LogP contribution is -2.51. The monoisotopic (exact) mass is 242 g/mol. The molecule has 1 N–H and O–H groups in total. The van der Waals surface area contributed by atoms with Gasteiger partial charge in [-0.15, -0.1) is 0 Å². The molecule has 96 valence electrons. The molecule has 0 aromatic heterocycles. The zero-order valence-electron chi connectivity index (χ0n) is 11.2. The van der Waals surface area contributed by atoms with Crippen LogP contribution in [0.3, 0.4) is 0 Å². The number of hydrogen-bond donors (Lipinski definition) is 1. The van der Waals surface area contributed by atoms with Gasteiger partial charge in [0, 0.05) is 5.92 Å². The van der Waals surface area contributed by atoms with Gasteiger partial charge < -0.3 is 0 Å². The van der Waals surface area contributed by atoms with E-state index in [1.165, 1.54) is 12.0 Å². The molecule has 2 rings (SSSR count). The molecule has 1 aromatic rings. The fraction of sp³-hybridized carbons (Fsp3) is 0.562. The predicted molar refractivity (Wildman–Crippen MR) is 74.3 cm³/mol. The number of hydrogen-bond acceptors (Lipinski definition) is 2. The van der Waals surface area contributed by atoms with Gasteiger partial charge in [-0.2, -0.15) is 5.26 Å². The summed E-state index contributed by atoms with van der Waals surface area (Å²) >= 11 is 0. The van der Waals surface area contributed by atoms with E-state index in [9.17, 15) is 5.26 Å². The van der Waals surface area contributed by atoms with E-state index in [2.05, 4.69) is 42.6 Å². The number of nitriles is 1. The third-order valence-electron chi connectivity index (χ3n) is 4.00. The smallest absolute Gasteiger partial charge is 0.113 e. The Kier molecular flexibility index (Phi) is 4.38. The summed E-state index contributed by atoms with van der Waals surface area (Å²) in [6, 6.07) is 13.1. The molecule has 0 heterocycles. The van der Waals surface area contributed by atoms with E-state index in [1.54, 1.807) is 0 Å². The van der Waals surface area contributed by atoms with Gasteiger partial charge in [0.1, 0.15) is 5.54 Å². The van der Waals surface area contributed by atoms with Crippen LogP contribution in [0.1, 0.15) is 50.5 Å². The summed E-state index contributed by atoms with van der Waals surface area (Å²) in [5.74, 6) is 0.337. The molecule has 1 aliphatic carbocycles. The first-order valence-electron chi connectivity index (χ1n) is 7.03. The van der Waals surface area contributed by atoms with Crippen molar-refractivity contribution in [2.75, 3.05) is 6.54 Å². The van der Waals surface area contributed by atoms with Crippen LogP contribution in [-0.2, 0) is 0 Å². The molecule has 2 unspecified atom stereocenters. The summed E-state index contributed by atoms with van der Waals surface area (Å²) in [6.45, 7) is 3.08. The molecule has 0 radical (unpaired) electrons. The molecular weight excluding hydrogens is 220 g/mol. The summed E-state index contributed by atoms with van der Waals surface area (Å²) in [7, 11) is 0. The highest BCUT2D eigenvalue weighted by atomic mass is 15.0. The second-order valence-electron chi connectivity index (χ2n) is 5.22. The topological polar surface area (TPSA) is 35.8 Å². The van der Waals surface area contributed by atoms with Gasteiger partial charge in [0.15, 0.2) is 0 Å². The number of rotatable bonds is 4. The van der Waals surface area contributed by atoms with Crippen molar-refractivity contribution in [3.05, 3.63) is 35.9 Å². The minimum Gasteiger partial charge on any atom is -0.299 e. The highest BCUT2D eigenvalue weighted by Crippen LogP contribution is 2.40. The van der Waals surface area contributed by atoms with Crippen molar-refractivity contribution in [1.82, 2.24) is 5.32 Å². The van der Waals surface area contributed by atoms with Crippen molar-refractivity contribution >= 4 is 0 Å². The standard InChI is InChI=1S/C16H22N2/c1-2-12-18-16(13-17)11-7-6-10-15(16)14-8-4-3-5-9-14/h3-5,8-9,15,18H,2,6-7,10-12H2,1H3. The Morgan fingerprint density at radius 1 is 1.33 bits per heavy atom. The van der Waals surface area contributed by atoms with E-state index < -0.39 is 0 Å². The summed E-state index contributed by atoms with van der Waals surface area (Å²) in [6.07, 6.45) is 5.56. The molecule has 0 saturated heterocycles. The van der Waals surface area contributed by atoms with Crippen LogP contribution in [0.15, 0.2) is 30.3 Å². The lowest BCUT2D eigenvalue weighted by molar-refractivity contribution is 0.256. The molecule has 1 saturated carbocycles. The van der Waals surface area contributed by atoms with E-state index in [-0.39, 0.29) is 5.54 Å². The van der Waals surface area contributed by atoms with Gasteiger partial charge in [-0.3, -0.25) is 5.32 Å². The number of nitrogens with one attached hydrogen (secondary N) is 1. The zero-order chi connectivity index (χ0) is 12.8. The maximum absolute atomic E-state index is 9.69. The summed E-state index contributed by atoms with van der Waals surface area (Å²) in [5.41, 5.74) is 0.956. The van der Waals surface area contributed by atoms with Gasteiger partial charge in [-0.1, -0.05) is 50.1 Å². The Morgan fingerprint density at radius 2 is 2.11 bits per heavy atom. The molecule has 1 aromatic carbocycles. The van der Waals surface area contributed by atoms with Crippen LogP contribution < -0.4 is 5.32 Å². The molecule has 2 heteroatoms. The molecule has 0 bridgehead atoms. The maximum atomic E-state index is 9.69. The van der Waals surface area contributed by atoms with Crippen LogP contribution in [0.4, 0.5) is 0 Å². The SMILES string of the molecule is CCCNC1(C#N)CCCCC1c1ccccc1. The first-order valence-corrected chi connectivity index (χ1v) is 7.03. The fourth-order valence-electron chi connectivity index (χ4n) is 3.04. The van der Waals surface area contributed by atoms with Crippen molar-refractivity contribution in [2.24, 2.45) is 0 Å². The van der Waals surface area contributed by atoms with Gasteiger partial charge in [0.25, 0.3) is 0 Å². The van der Waals surface area contributed by atoms with E-state index in [1.807, 2.05) is 6.07 Å². The molecular formula is C16H22N2. The number of benzene rings is 1. The van der Waals surface area contributed by atoms with E-state index in [0.29, 0.717) is 5.92 Å². The lowest BCUT2D eigenvalue weighted by Gasteiger charge is -2.40. The largest absolute Gasteiger partial charge is 0.299 e. The molecule has 2 nitrogen and oxygen atoms in total. The minimum absolute atomic E-state index is 0.337. The van der Waals surface area contributed by atoms with Crippen LogP contribution in [0.5, 0.6) is 0 Å². The Bertz CT molecular complexity index is 407. The first-order chi connectivity index (χ1) is 8.82. The molecule has 18 heavy (non-hydrogen) atoms. The van der Waals surface area contributed by atoms with Gasteiger partial charge in [-0.25, -0.2) is 0 Å². The molecule has 2 atom stereocenters. The highest BCUT2D eigenvalue weighted by Gasteiger charge is 2.41. The predicted octanol–water partition coefficient (Wildman–Crippen LogP) is 3.61. The van der Waals surface area contributed by atoms with Crippen molar-refractivity contribution in [3.8, 4) is 6.07 Å². The van der Waals surface area contributed by atoms with Crippen LogP contribution >= 0.6 is 0 Å². The van der Waals surface area contributed by atoms with Crippen LogP contribution in [-0.4, -0.2) is 12.1 Å². The molecule has 0 amide bonds. The van der Waals surface area contributed by atoms with Crippen molar-refractivity contribution < 1.29 is 0 Å². The molecule has 0 spiro atoms. The highest BCUT2D eigenvalue weighted by molar-refractivity contribution is 5.30. The normalized spacial score (nSPS) is 27.7. The quantitative estimate of drug-likeness (QED) is 0.875. The molecule has 0 aliphatic heterocycles. The van der Waals surface area contributed by atoms with Crippen LogP contribution in [0, 0.1) is 11.3 Å². The Labute approximate surface area is 110 Å². The van der Waals surface area contributed by atoms with Crippen LogP contribution in [0.25, 0.3) is 0 Å². The Balaban J connectivity index is 2.27. The average Bonchev–Trinajstić information content (AvgIpc) is 2.46. The first kappa shape index (κ1) is 13.1. The maximum Gasteiger partial charge on any atom is 0.113 e. The Morgan fingerprint density at radius 3 is 2.78 bits per heavy atom.